The second-order valence-electron chi connectivity index (χ2n) is 28.5. The Bertz CT molecular complexity index is 1280. The van der Waals surface area contributed by atoms with Crippen LogP contribution in [0.5, 0.6) is 0 Å². The summed E-state index contributed by atoms with van der Waals surface area (Å²) in [6.07, 6.45) is 96.5. The molecule has 0 saturated heterocycles. The molecule has 6 nitrogen and oxygen atoms in total. The highest BCUT2D eigenvalue weighted by molar-refractivity contribution is 5.76. The van der Waals surface area contributed by atoms with E-state index >= 15 is 0 Å². The van der Waals surface area contributed by atoms with Gasteiger partial charge in [0.2, 0.25) is 5.91 Å². The average Bonchev–Trinajstić information content (AvgIpc) is 3.53. The molecule has 0 aromatic rings. The fourth-order valence-electron chi connectivity index (χ4n) is 13.5. The lowest BCUT2D eigenvalue weighted by Gasteiger charge is -2.22. The number of amides is 1. The monoisotopic (exact) mass is 1230 g/mol. The SMILES string of the molecule is CCCCCCCCCCCCCCCCCCCCCC(=O)OCCCCCCCCCCCCCCCCCCCCCCCCCCCCCCCCCCCCCCCC(=O)NC(CO)C(O)CCCCCCCCCCCCCCCC. The van der Waals surface area contributed by atoms with E-state index in [1.165, 1.54) is 411 Å². The zero-order valence-corrected chi connectivity index (χ0v) is 59.8. The number of nitrogens with one attached hydrogen (secondary N) is 1. The number of rotatable bonds is 78. The summed E-state index contributed by atoms with van der Waals surface area (Å²) < 4.78 is 5.53. The first kappa shape index (κ1) is 85.9. The van der Waals surface area contributed by atoms with Gasteiger partial charge in [-0.1, -0.05) is 444 Å². The number of carbonyl (C=O) groups excluding carboxylic acids is 2. The van der Waals surface area contributed by atoms with Crippen molar-refractivity contribution in [1.82, 2.24) is 5.32 Å². The molecule has 0 radical (unpaired) electrons. The summed E-state index contributed by atoms with van der Waals surface area (Å²) in [6, 6.07) is -0.535. The van der Waals surface area contributed by atoms with E-state index in [4.69, 9.17) is 4.74 Å². The van der Waals surface area contributed by atoms with E-state index in [1.807, 2.05) is 0 Å². The summed E-state index contributed by atoms with van der Waals surface area (Å²) >= 11 is 0. The highest BCUT2D eigenvalue weighted by Gasteiger charge is 2.20. The molecule has 0 spiro atoms. The minimum absolute atomic E-state index is 0.0253. The Balaban J connectivity index is 3.26. The van der Waals surface area contributed by atoms with E-state index in [0.717, 1.165) is 38.5 Å². The first-order chi connectivity index (χ1) is 43.0. The first-order valence-electron chi connectivity index (χ1n) is 40.8. The highest BCUT2D eigenvalue weighted by atomic mass is 16.5. The summed E-state index contributed by atoms with van der Waals surface area (Å²) in [5, 5.41) is 23.3. The first-order valence-corrected chi connectivity index (χ1v) is 40.8. The normalized spacial score (nSPS) is 12.4. The number of esters is 1. The number of aliphatic hydroxyl groups excluding tert-OH is 2. The van der Waals surface area contributed by atoms with Crippen LogP contribution < -0.4 is 5.32 Å². The van der Waals surface area contributed by atoms with Crippen molar-refractivity contribution in [2.24, 2.45) is 0 Å². The molecule has 6 heteroatoms. The van der Waals surface area contributed by atoms with Crippen LogP contribution in [0.1, 0.15) is 483 Å². The predicted octanol–water partition coefficient (Wildman–Crippen LogP) is 26.9. The summed E-state index contributed by atoms with van der Waals surface area (Å²) in [5.74, 6) is 0.00436. The standard InChI is InChI=1S/C81H161NO5/c1-3-5-7-9-11-13-15-17-19-20-40-44-47-51-55-59-63-67-71-75-81(86)87-76-72-68-64-60-56-52-48-45-42-39-37-35-33-31-29-27-25-23-21-22-24-26-28-30-32-34-36-38-41-43-46-50-54-58-62-66-70-74-80(85)82-78(77-83)79(84)73-69-65-61-57-53-49-18-16-14-12-10-8-6-4-2/h78-79,83-84H,3-77H2,1-2H3,(H,82,85). The summed E-state index contributed by atoms with van der Waals surface area (Å²) in [4.78, 5) is 24.7. The Morgan fingerprint density at radius 2 is 0.471 bits per heavy atom. The van der Waals surface area contributed by atoms with E-state index in [1.54, 1.807) is 0 Å². The molecule has 1 amide bonds. The van der Waals surface area contributed by atoms with Gasteiger partial charge in [-0.3, -0.25) is 9.59 Å². The Labute approximate surface area is 547 Å². The molecule has 0 bridgehead atoms. The third-order valence-corrected chi connectivity index (χ3v) is 19.7. The van der Waals surface area contributed by atoms with Crippen LogP contribution in [0.4, 0.5) is 0 Å². The number of aliphatic hydroxyl groups is 2. The van der Waals surface area contributed by atoms with Gasteiger partial charge < -0.3 is 20.3 Å². The van der Waals surface area contributed by atoms with Crippen molar-refractivity contribution in [2.45, 2.75) is 495 Å². The van der Waals surface area contributed by atoms with Gasteiger partial charge in [0.1, 0.15) is 0 Å². The molecule has 0 fully saturated rings. The van der Waals surface area contributed by atoms with Crippen LogP contribution in [-0.4, -0.2) is 47.4 Å². The zero-order chi connectivity index (χ0) is 62.8. The Morgan fingerprint density at radius 1 is 0.276 bits per heavy atom. The smallest absolute Gasteiger partial charge is 0.305 e. The van der Waals surface area contributed by atoms with Crippen molar-refractivity contribution in [3.63, 3.8) is 0 Å². The summed E-state index contributed by atoms with van der Waals surface area (Å²) in [7, 11) is 0. The maximum Gasteiger partial charge on any atom is 0.305 e. The van der Waals surface area contributed by atoms with E-state index < -0.39 is 12.1 Å². The summed E-state index contributed by atoms with van der Waals surface area (Å²) in [6.45, 7) is 5.02. The van der Waals surface area contributed by atoms with Crippen molar-refractivity contribution < 1.29 is 24.5 Å². The Hall–Kier alpha value is -1.14. The molecule has 2 unspecified atom stereocenters. The molecule has 0 saturated carbocycles. The van der Waals surface area contributed by atoms with E-state index in [9.17, 15) is 19.8 Å². The van der Waals surface area contributed by atoms with Crippen molar-refractivity contribution in [2.75, 3.05) is 13.2 Å². The minimum atomic E-state index is -0.659. The van der Waals surface area contributed by atoms with Gasteiger partial charge in [-0.15, -0.1) is 0 Å². The molecule has 0 aliphatic carbocycles. The lowest BCUT2D eigenvalue weighted by Crippen LogP contribution is -2.45. The van der Waals surface area contributed by atoms with Gasteiger partial charge in [-0.25, -0.2) is 0 Å². The van der Waals surface area contributed by atoms with Gasteiger partial charge in [-0.05, 0) is 25.7 Å². The Kier molecular flexibility index (Phi) is 76.3. The molecule has 3 N–H and O–H groups in total. The third kappa shape index (κ3) is 73.8. The second-order valence-corrected chi connectivity index (χ2v) is 28.5. The van der Waals surface area contributed by atoms with Crippen molar-refractivity contribution in [1.29, 1.82) is 0 Å². The predicted molar refractivity (Wildman–Crippen MR) is 384 cm³/mol. The van der Waals surface area contributed by atoms with Crippen LogP contribution in [0.25, 0.3) is 0 Å². The van der Waals surface area contributed by atoms with Crippen molar-refractivity contribution in [3.8, 4) is 0 Å². The van der Waals surface area contributed by atoms with Crippen LogP contribution in [0.3, 0.4) is 0 Å². The van der Waals surface area contributed by atoms with Gasteiger partial charge in [0.15, 0.2) is 0 Å². The molecule has 0 heterocycles. The van der Waals surface area contributed by atoms with Gasteiger partial charge in [0.25, 0.3) is 0 Å². The van der Waals surface area contributed by atoms with Crippen molar-refractivity contribution in [3.05, 3.63) is 0 Å². The zero-order valence-electron chi connectivity index (χ0n) is 59.8. The van der Waals surface area contributed by atoms with Gasteiger partial charge in [0, 0.05) is 12.8 Å². The van der Waals surface area contributed by atoms with Crippen LogP contribution >= 0.6 is 0 Å². The van der Waals surface area contributed by atoms with Crippen LogP contribution in [-0.2, 0) is 14.3 Å². The average molecular weight is 1230 g/mol. The number of ether oxygens (including phenoxy) is 1. The number of carbonyl (C=O) groups is 2. The fourth-order valence-corrected chi connectivity index (χ4v) is 13.5. The quantitative estimate of drug-likeness (QED) is 0.0417. The van der Waals surface area contributed by atoms with E-state index in [2.05, 4.69) is 19.2 Å². The number of hydrogen-bond acceptors (Lipinski definition) is 5. The van der Waals surface area contributed by atoms with E-state index in [0.29, 0.717) is 25.9 Å². The number of unbranched alkanes of at least 4 members (excludes halogenated alkanes) is 67. The molecular weight excluding hydrogens is 1070 g/mol. The lowest BCUT2D eigenvalue weighted by molar-refractivity contribution is -0.143. The van der Waals surface area contributed by atoms with E-state index in [-0.39, 0.29) is 18.5 Å². The van der Waals surface area contributed by atoms with Gasteiger partial charge in [-0.2, -0.15) is 0 Å². The summed E-state index contributed by atoms with van der Waals surface area (Å²) in [5.41, 5.74) is 0. The third-order valence-electron chi connectivity index (χ3n) is 19.7. The van der Waals surface area contributed by atoms with Crippen LogP contribution in [0.15, 0.2) is 0 Å². The number of hydrogen-bond donors (Lipinski definition) is 3. The Morgan fingerprint density at radius 3 is 0.701 bits per heavy atom. The molecular formula is C81H161NO5. The van der Waals surface area contributed by atoms with Gasteiger partial charge in [0.05, 0.1) is 25.4 Å². The second kappa shape index (κ2) is 77.3. The highest BCUT2D eigenvalue weighted by Crippen LogP contribution is 2.21. The molecule has 0 aliphatic heterocycles. The van der Waals surface area contributed by atoms with Gasteiger partial charge >= 0.3 is 5.97 Å². The maximum absolute atomic E-state index is 12.5. The van der Waals surface area contributed by atoms with Crippen LogP contribution in [0.2, 0.25) is 0 Å². The molecule has 0 rings (SSSR count). The molecule has 0 aromatic carbocycles. The van der Waals surface area contributed by atoms with Crippen LogP contribution in [0, 0.1) is 0 Å². The fraction of sp³-hybridized carbons (Fsp3) is 0.975. The maximum atomic E-state index is 12.5. The minimum Gasteiger partial charge on any atom is -0.466 e. The molecule has 87 heavy (non-hydrogen) atoms. The molecule has 0 aromatic heterocycles. The molecule has 0 aliphatic rings. The van der Waals surface area contributed by atoms with Crippen molar-refractivity contribution >= 4 is 11.9 Å². The largest absolute Gasteiger partial charge is 0.466 e. The topological polar surface area (TPSA) is 95.9 Å². The molecule has 2 atom stereocenters. The molecule has 520 valence electrons. The lowest BCUT2D eigenvalue weighted by atomic mass is 10.0.